The van der Waals surface area contributed by atoms with Gasteiger partial charge in [0.05, 0.1) is 0 Å². The average molecular weight is 287 g/mol. The van der Waals surface area contributed by atoms with Crippen LogP contribution in [-0.4, -0.2) is 11.5 Å². The third-order valence-corrected chi connectivity index (χ3v) is 4.20. The summed E-state index contributed by atoms with van der Waals surface area (Å²) in [6.45, 7) is 1.92. The Morgan fingerprint density at radius 2 is 2.13 bits per heavy atom. The molecule has 1 rings (SSSR count). The molecule has 0 saturated carbocycles. The molecule has 0 spiro atoms. The van der Waals surface area contributed by atoms with Crippen LogP contribution in [0.1, 0.15) is 26.2 Å². The molecule has 15 heavy (non-hydrogen) atoms. The maximum Gasteiger partial charge on any atom is 0.132 e. The Kier molecular flexibility index (Phi) is 6.03. The number of benzene rings is 1. The van der Waals surface area contributed by atoms with E-state index in [1.165, 1.54) is 4.90 Å². The summed E-state index contributed by atoms with van der Waals surface area (Å²) in [7, 11) is 0. The summed E-state index contributed by atoms with van der Waals surface area (Å²) < 4.78 is 1.14. The zero-order valence-electron chi connectivity index (χ0n) is 8.83. The molecule has 0 unspecified atom stereocenters. The molecule has 82 valence electrons. The predicted octanol–water partition coefficient (Wildman–Crippen LogP) is 4.30. The first-order valence-corrected chi connectivity index (χ1v) is 6.91. The van der Waals surface area contributed by atoms with Crippen molar-refractivity contribution >= 4 is 33.5 Å². The highest BCUT2D eigenvalue weighted by Gasteiger charge is 2.01. The summed E-state index contributed by atoms with van der Waals surface area (Å²) in [6, 6.07) is 8.18. The first-order chi connectivity index (χ1) is 7.24. The molecule has 0 radical (unpaired) electrons. The average Bonchev–Trinajstić information content (AvgIpc) is 2.26. The molecule has 0 aliphatic rings. The van der Waals surface area contributed by atoms with Crippen molar-refractivity contribution in [2.75, 3.05) is 5.75 Å². The number of ketones is 1. The Morgan fingerprint density at radius 3 is 2.80 bits per heavy atom. The van der Waals surface area contributed by atoms with Gasteiger partial charge in [0.2, 0.25) is 0 Å². The van der Waals surface area contributed by atoms with Gasteiger partial charge in [-0.2, -0.15) is 0 Å². The van der Waals surface area contributed by atoms with Crippen LogP contribution in [0.4, 0.5) is 0 Å². The van der Waals surface area contributed by atoms with Crippen molar-refractivity contribution in [1.29, 1.82) is 0 Å². The maximum atomic E-state index is 11.1. The molecule has 3 heteroatoms. The third-order valence-electron chi connectivity index (χ3n) is 2.09. The lowest BCUT2D eigenvalue weighted by Crippen LogP contribution is -1.95. The topological polar surface area (TPSA) is 17.1 Å². The number of hydrogen-bond donors (Lipinski definition) is 0. The van der Waals surface area contributed by atoms with Crippen molar-refractivity contribution in [1.82, 2.24) is 0 Å². The van der Waals surface area contributed by atoms with E-state index in [2.05, 4.69) is 22.0 Å². The van der Waals surface area contributed by atoms with Crippen molar-refractivity contribution in [2.45, 2.75) is 31.1 Å². The highest BCUT2D eigenvalue weighted by molar-refractivity contribution is 9.10. The normalized spacial score (nSPS) is 10.3. The van der Waals surface area contributed by atoms with Gasteiger partial charge in [-0.3, -0.25) is 4.79 Å². The van der Waals surface area contributed by atoms with E-state index in [-0.39, 0.29) is 0 Å². The van der Waals surface area contributed by atoms with Crippen LogP contribution in [0.3, 0.4) is 0 Å². The van der Waals surface area contributed by atoms with Crippen molar-refractivity contribution in [3.8, 4) is 0 Å². The van der Waals surface area contributed by atoms with Crippen LogP contribution in [-0.2, 0) is 4.79 Å². The fourth-order valence-electron chi connectivity index (χ4n) is 1.19. The highest BCUT2D eigenvalue weighted by atomic mass is 79.9. The summed E-state index contributed by atoms with van der Waals surface area (Å²) in [6.07, 6.45) is 2.35. The van der Waals surface area contributed by atoms with Gasteiger partial charge in [-0.05, 0) is 40.2 Å². The number of Topliss-reactive ketones (excluding diaryl/α,β-unsaturated/α-hetero) is 1. The molecule has 0 aromatic heterocycles. The van der Waals surface area contributed by atoms with Gasteiger partial charge in [-0.15, -0.1) is 11.8 Å². The summed E-state index contributed by atoms with van der Waals surface area (Å²) in [4.78, 5) is 12.3. The second-order valence-electron chi connectivity index (χ2n) is 3.27. The van der Waals surface area contributed by atoms with Crippen molar-refractivity contribution in [3.05, 3.63) is 28.7 Å². The van der Waals surface area contributed by atoms with Crippen LogP contribution in [0, 0.1) is 0 Å². The van der Waals surface area contributed by atoms with Crippen molar-refractivity contribution in [3.63, 3.8) is 0 Å². The molecule has 0 heterocycles. The first-order valence-electron chi connectivity index (χ1n) is 5.13. The van der Waals surface area contributed by atoms with Gasteiger partial charge in [0.1, 0.15) is 5.78 Å². The standard InChI is InChI=1S/C12H15BrOS/c1-2-10(14)6-5-9-15-12-8-4-3-7-11(12)13/h3-4,7-8H,2,5-6,9H2,1H3. The summed E-state index contributed by atoms with van der Waals surface area (Å²) in [5.41, 5.74) is 0. The van der Waals surface area contributed by atoms with Crippen LogP contribution in [0.2, 0.25) is 0 Å². The largest absolute Gasteiger partial charge is 0.300 e. The lowest BCUT2D eigenvalue weighted by Gasteiger charge is -2.03. The molecule has 1 aromatic carbocycles. The minimum absolute atomic E-state index is 0.364. The molecule has 1 nitrogen and oxygen atoms in total. The van der Waals surface area contributed by atoms with Crippen LogP contribution in [0.25, 0.3) is 0 Å². The number of hydrogen-bond acceptors (Lipinski definition) is 2. The zero-order valence-corrected chi connectivity index (χ0v) is 11.2. The van der Waals surface area contributed by atoms with Gasteiger partial charge in [0, 0.05) is 22.2 Å². The van der Waals surface area contributed by atoms with E-state index in [4.69, 9.17) is 0 Å². The van der Waals surface area contributed by atoms with Gasteiger partial charge in [-0.1, -0.05) is 19.1 Å². The van der Waals surface area contributed by atoms with Crippen molar-refractivity contribution in [2.24, 2.45) is 0 Å². The fraction of sp³-hybridized carbons (Fsp3) is 0.417. The molecule has 0 atom stereocenters. The second kappa shape index (κ2) is 7.07. The molecule has 0 aliphatic carbocycles. The van der Waals surface area contributed by atoms with Crippen LogP contribution in [0.15, 0.2) is 33.6 Å². The molecule has 1 aromatic rings. The van der Waals surface area contributed by atoms with Gasteiger partial charge in [0.25, 0.3) is 0 Å². The van der Waals surface area contributed by atoms with Gasteiger partial charge >= 0.3 is 0 Å². The minimum atomic E-state index is 0.364. The van der Waals surface area contributed by atoms with E-state index in [9.17, 15) is 4.79 Å². The van der Waals surface area contributed by atoms with E-state index < -0.39 is 0 Å². The molecule has 0 fully saturated rings. The number of rotatable bonds is 6. The lowest BCUT2D eigenvalue weighted by atomic mass is 10.2. The van der Waals surface area contributed by atoms with Crippen molar-refractivity contribution < 1.29 is 4.79 Å². The van der Waals surface area contributed by atoms with Gasteiger partial charge in [-0.25, -0.2) is 0 Å². The van der Waals surface area contributed by atoms with E-state index in [0.717, 1.165) is 16.6 Å². The summed E-state index contributed by atoms with van der Waals surface area (Å²) in [5, 5.41) is 0. The van der Waals surface area contributed by atoms with Crippen LogP contribution in [0.5, 0.6) is 0 Å². The molecule has 0 aliphatic heterocycles. The van der Waals surface area contributed by atoms with E-state index in [1.807, 2.05) is 25.1 Å². The maximum absolute atomic E-state index is 11.1. The Bertz CT molecular complexity index is 325. The van der Waals surface area contributed by atoms with Gasteiger partial charge in [0.15, 0.2) is 0 Å². The Hall–Kier alpha value is -0.280. The number of carbonyl (C=O) groups is 1. The Morgan fingerprint density at radius 1 is 1.40 bits per heavy atom. The van der Waals surface area contributed by atoms with Gasteiger partial charge < -0.3 is 0 Å². The fourth-order valence-corrected chi connectivity index (χ4v) is 2.71. The van der Waals surface area contributed by atoms with Crippen LogP contribution < -0.4 is 0 Å². The number of thioether (sulfide) groups is 1. The molecule has 0 saturated heterocycles. The van der Waals surface area contributed by atoms with Crippen LogP contribution >= 0.6 is 27.7 Å². The highest BCUT2D eigenvalue weighted by Crippen LogP contribution is 2.27. The third kappa shape index (κ3) is 4.85. The summed E-state index contributed by atoms with van der Waals surface area (Å²) >= 11 is 5.30. The smallest absolute Gasteiger partial charge is 0.132 e. The second-order valence-corrected chi connectivity index (χ2v) is 5.27. The molecular formula is C12H15BrOS. The number of halogens is 1. The quantitative estimate of drug-likeness (QED) is 0.573. The van der Waals surface area contributed by atoms with E-state index >= 15 is 0 Å². The van der Waals surface area contributed by atoms with E-state index in [0.29, 0.717) is 18.6 Å². The predicted molar refractivity (Wildman–Crippen MR) is 69.4 cm³/mol. The molecule has 0 amide bonds. The minimum Gasteiger partial charge on any atom is -0.300 e. The lowest BCUT2D eigenvalue weighted by molar-refractivity contribution is -0.118. The first kappa shape index (κ1) is 12.8. The van der Waals surface area contributed by atoms with E-state index in [1.54, 1.807) is 11.8 Å². The molecular weight excluding hydrogens is 272 g/mol. The monoisotopic (exact) mass is 286 g/mol. The summed E-state index contributed by atoms with van der Waals surface area (Å²) in [5.74, 6) is 1.37. The Labute approximate surface area is 104 Å². The Balaban J connectivity index is 2.26. The zero-order chi connectivity index (χ0) is 11.1. The molecule has 0 N–H and O–H groups in total. The SMILES string of the molecule is CCC(=O)CCCSc1ccccc1Br. The molecule has 0 bridgehead atoms. The number of carbonyl (C=O) groups excluding carboxylic acids is 1.